The first-order chi connectivity index (χ1) is 10.1. The van der Waals surface area contributed by atoms with Gasteiger partial charge < -0.3 is 9.16 Å². The van der Waals surface area contributed by atoms with Gasteiger partial charge in [0, 0.05) is 12.7 Å². The second-order valence-electron chi connectivity index (χ2n) is 5.78. The van der Waals surface area contributed by atoms with Crippen LogP contribution in [0.2, 0.25) is 19.1 Å². The molecule has 0 N–H and O–H groups in total. The molecule has 0 aliphatic rings. The van der Waals surface area contributed by atoms with Crippen molar-refractivity contribution in [3.05, 3.63) is 54.6 Å². The molecule has 21 heavy (non-hydrogen) atoms. The highest BCUT2D eigenvalue weighted by atomic mass is 28.4. The Labute approximate surface area is 128 Å². The van der Waals surface area contributed by atoms with Gasteiger partial charge in [-0.3, -0.25) is 0 Å². The second-order valence-corrected chi connectivity index (χ2v) is 10.2. The van der Waals surface area contributed by atoms with Crippen LogP contribution in [0.4, 0.5) is 0 Å². The first-order valence-electron chi connectivity index (χ1n) is 7.45. The van der Waals surface area contributed by atoms with Crippen molar-refractivity contribution in [2.45, 2.75) is 25.6 Å². The van der Waals surface area contributed by atoms with E-state index in [-0.39, 0.29) is 0 Å². The van der Waals surface area contributed by atoms with Crippen LogP contribution in [-0.4, -0.2) is 22.0 Å². The zero-order valence-corrected chi connectivity index (χ0v) is 14.1. The number of benzene rings is 2. The predicted octanol–water partition coefficient (Wildman–Crippen LogP) is 4.97. The van der Waals surface area contributed by atoms with Gasteiger partial charge in [-0.2, -0.15) is 0 Å². The summed E-state index contributed by atoms with van der Waals surface area (Å²) in [5.74, 6) is 0.959. The van der Waals surface area contributed by atoms with Gasteiger partial charge in [-0.1, -0.05) is 48.5 Å². The number of hydrogen-bond acceptors (Lipinski definition) is 2. The SMILES string of the molecule is CO[Si](C)(C)CCCOc1ccccc1-c1ccccc1. The average Bonchev–Trinajstić information content (AvgIpc) is 2.53. The van der Waals surface area contributed by atoms with Crippen LogP contribution in [0.25, 0.3) is 11.1 Å². The van der Waals surface area contributed by atoms with Gasteiger partial charge in [0.05, 0.1) is 6.61 Å². The third kappa shape index (κ3) is 4.72. The number of ether oxygens (including phenoxy) is 1. The van der Waals surface area contributed by atoms with Crippen LogP contribution < -0.4 is 4.74 Å². The van der Waals surface area contributed by atoms with Crippen LogP contribution >= 0.6 is 0 Å². The summed E-state index contributed by atoms with van der Waals surface area (Å²) in [5, 5.41) is 0. The molecule has 112 valence electrons. The lowest BCUT2D eigenvalue weighted by molar-refractivity contribution is 0.313. The van der Waals surface area contributed by atoms with E-state index in [0.717, 1.165) is 30.4 Å². The Kier molecular flexibility index (Phi) is 5.59. The highest BCUT2D eigenvalue weighted by Crippen LogP contribution is 2.29. The van der Waals surface area contributed by atoms with Gasteiger partial charge in [0.2, 0.25) is 0 Å². The van der Waals surface area contributed by atoms with Gasteiger partial charge in [-0.05, 0) is 37.2 Å². The Bertz CT molecular complexity index is 552. The molecule has 0 unspecified atom stereocenters. The zero-order valence-electron chi connectivity index (χ0n) is 13.1. The molecule has 0 saturated carbocycles. The maximum atomic E-state index is 6.00. The van der Waals surface area contributed by atoms with Crippen LogP contribution in [0.3, 0.4) is 0 Å². The Balaban J connectivity index is 1.98. The monoisotopic (exact) mass is 300 g/mol. The van der Waals surface area contributed by atoms with Crippen molar-refractivity contribution in [2.75, 3.05) is 13.7 Å². The van der Waals surface area contributed by atoms with Gasteiger partial charge in [-0.15, -0.1) is 0 Å². The minimum Gasteiger partial charge on any atom is -0.493 e. The van der Waals surface area contributed by atoms with E-state index in [1.165, 1.54) is 5.56 Å². The summed E-state index contributed by atoms with van der Waals surface area (Å²) in [6.45, 7) is 5.22. The third-order valence-electron chi connectivity index (χ3n) is 3.71. The molecule has 0 fully saturated rings. The van der Waals surface area contributed by atoms with Crippen molar-refractivity contribution in [1.29, 1.82) is 0 Å². The maximum Gasteiger partial charge on any atom is 0.186 e. The third-order valence-corrected chi connectivity index (χ3v) is 6.37. The molecule has 0 aliphatic heterocycles. The smallest absolute Gasteiger partial charge is 0.186 e. The first-order valence-corrected chi connectivity index (χ1v) is 10.6. The van der Waals surface area contributed by atoms with Crippen molar-refractivity contribution < 1.29 is 9.16 Å². The number of para-hydroxylation sites is 1. The van der Waals surface area contributed by atoms with Crippen LogP contribution in [0.5, 0.6) is 5.75 Å². The molecule has 2 aromatic carbocycles. The second kappa shape index (κ2) is 7.43. The van der Waals surface area contributed by atoms with E-state index in [1.807, 2.05) is 25.3 Å². The van der Waals surface area contributed by atoms with Crippen molar-refractivity contribution in [2.24, 2.45) is 0 Å². The summed E-state index contributed by atoms with van der Waals surface area (Å²) < 4.78 is 11.6. The van der Waals surface area contributed by atoms with Crippen LogP contribution in [0.1, 0.15) is 6.42 Å². The fourth-order valence-corrected chi connectivity index (χ4v) is 3.43. The lowest BCUT2D eigenvalue weighted by Gasteiger charge is -2.20. The van der Waals surface area contributed by atoms with Gasteiger partial charge in [0.15, 0.2) is 8.32 Å². The Morgan fingerprint density at radius 3 is 2.29 bits per heavy atom. The van der Waals surface area contributed by atoms with Gasteiger partial charge in [0.25, 0.3) is 0 Å². The van der Waals surface area contributed by atoms with Crippen LogP contribution in [-0.2, 0) is 4.43 Å². The molecule has 2 aromatic rings. The van der Waals surface area contributed by atoms with Gasteiger partial charge >= 0.3 is 0 Å². The molecule has 0 bridgehead atoms. The van der Waals surface area contributed by atoms with Crippen LogP contribution in [0.15, 0.2) is 54.6 Å². The number of rotatable bonds is 7. The van der Waals surface area contributed by atoms with Crippen molar-refractivity contribution in [3.63, 3.8) is 0 Å². The standard InChI is InChI=1S/C18H24O2Si/c1-19-21(2,3)15-9-14-20-18-13-8-7-12-17(18)16-10-5-4-6-11-16/h4-8,10-13H,9,14-15H2,1-3H3. The quantitative estimate of drug-likeness (QED) is 0.530. The number of hydrogen-bond donors (Lipinski definition) is 0. The minimum atomic E-state index is -1.47. The van der Waals surface area contributed by atoms with E-state index in [0.29, 0.717) is 0 Å². The Morgan fingerprint density at radius 1 is 0.905 bits per heavy atom. The van der Waals surface area contributed by atoms with E-state index in [9.17, 15) is 0 Å². The van der Waals surface area contributed by atoms with Crippen molar-refractivity contribution in [1.82, 2.24) is 0 Å². The Morgan fingerprint density at radius 2 is 1.57 bits per heavy atom. The topological polar surface area (TPSA) is 18.5 Å². The van der Waals surface area contributed by atoms with Crippen molar-refractivity contribution in [3.8, 4) is 16.9 Å². The lowest BCUT2D eigenvalue weighted by Crippen LogP contribution is -2.28. The fourth-order valence-electron chi connectivity index (χ4n) is 2.23. The Hall–Kier alpha value is -1.58. The normalized spacial score (nSPS) is 11.4. The molecule has 0 radical (unpaired) electrons. The zero-order chi connectivity index (χ0) is 15.1. The molecule has 0 aliphatic carbocycles. The molecule has 2 rings (SSSR count). The molecule has 0 amide bonds. The van der Waals surface area contributed by atoms with Gasteiger partial charge in [0.1, 0.15) is 5.75 Å². The molecule has 3 heteroatoms. The highest BCUT2D eigenvalue weighted by molar-refractivity contribution is 6.71. The maximum absolute atomic E-state index is 6.00. The first kappa shape index (κ1) is 15.8. The van der Waals surface area contributed by atoms with E-state index in [1.54, 1.807) is 0 Å². The van der Waals surface area contributed by atoms with E-state index in [4.69, 9.17) is 9.16 Å². The predicted molar refractivity (Wildman–Crippen MR) is 91.3 cm³/mol. The van der Waals surface area contributed by atoms with Crippen molar-refractivity contribution >= 4 is 8.32 Å². The minimum absolute atomic E-state index is 0.740. The molecule has 0 heterocycles. The summed E-state index contributed by atoms with van der Waals surface area (Å²) in [7, 11) is 0.344. The molecule has 0 spiro atoms. The molecule has 2 nitrogen and oxygen atoms in total. The summed E-state index contributed by atoms with van der Waals surface area (Å²) in [4.78, 5) is 0. The van der Waals surface area contributed by atoms with Gasteiger partial charge in [-0.25, -0.2) is 0 Å². The fraction of sp³-hybridized carbons (Fsp3) is 0.333. The molecule has 0 saturated heterocycles. The molecular formula is C18H24O2Si. The highest BCUT2D eigenvalue weighted by Gasteiger charge is 2.19. The summed E-state index contributed by atoms with van der Waals surface area (Å²) in [6.07, 6.45) is 1.04. The summed E-state index contributed by atoms with van der Waals surface area (Å²) in [5.41, 5.74) is 2.35. The average molecular weight is 300 g/mol. The summed E-state index contributed by atoms with van der Waals surface area (Å²) in [6, 6.07) is 19.7. The lowest BCUT2D eigenvalue weighted by atomic mass is 10.1. The summed E-state index contributed by atoms with van der Waals surface area (Å²) >= 11 is 0. The molecule has 0 atom stereocenters. The van der Waals surface area contributed by atoms with Crippen LogP contribution in [0, 0.1) is 0 Å². The molecule has 0 aromatic heterocycles. The molecular weight excluding hydrogens is 276 g/mol. The van der Waals surface area contributed by atoms with E-state index < -0.39 is 8.32 Å². The largest absolute Gasteiger partial charge is 0.493 e. The van der Waals surface area contributed by atoms with E-state index >= 15 is 0 Å². The van der Waals surface area contributed by atoms with E-state index in [2.05, 4.69) is 49.5 Å².